The number of nitrogens with one attached hydrogen (secondary N) is 3. The zero-order chi connectivity index (χ0) is 16.5. The van der Waals surface area contributed by atoms with E-state index in [1.165, 1.54) is 6.92 Å². The monoisotopic (exact) mass is 316 g/mol. The molecule has 0 fully saturated rings. The van der Waals surface area contributed by atoms with Crippen LogP contribution in [-0.2, 0) is 9.53 Å². The normalized spacial score (nSPS) is 10.2. The van der Waals surface area contributed by atoms with E-state index in [1.54, 1.807) is 25.4 Å². The molecule has 1 heterocycles. The Labute approximate surface area is 134 Å². The van der Waals surface area contributed by atoms with E-state index in [-0.39, 0.29) is 5.91 Å². The quantitative estimate of drug-likeness (QED) is 0.640. The van der Waals surface area contributed by atoms with Crippen LogP contribution in [-0.4, -0.2) is 41.3 Å². The topological polar surface area (TPSA) is 101 Å². The van der Waals surface area contributed by atoms with E-state index in [2.05, 4.69) is 31.1 Å². The molecule has 0 bridgehead atoms. The average Bonchev–Trinajstić information content (AvgIpc) is 2.52. The number of aromatic nitrogens is 3. The van der Waals surface area contributed by atoms with Crippen LogP contribution in [0.1, 0.15) is 13.3 Å². The van der Waals surface area contributed by atoms with Crippen LogP contribution in [0, 0.1) is 0 Å². The second kappa shape index (κ2) is 8.64. The lowest BCUT2D eigenvalue weighted by atomic mass is 10.3. The molecule has 0 saturated heterocycles. The highest BCUT2D eigenvalue weighted by Crippen LogP contribution is 2.18. The van der Waals surface area contributed by atoms with Crippen LogP contribution in [0.15, 0.2) is 30.5 Å². The van der Waals surface area contributed by atoms with E-state index in [4.69, 9.17) is 4.74 Å². The molecule has 1 amide bonds. The van der Waals surface area contributed by atoms with Crippen molar-refractivity contribution in [1.82, 2.24) is 15.2 Å². The van der Waals surface area contributed by atoms with Crippen molar-refractivity contribution in [1.29, 1.82) is 0 Å². The first kappa shape index (κ1) is 16.6. The van der Waals surface area contributed by atoms with Crippen LogP contribution in [0.5, 0.6) is 0 Å². The SMILES string of the molecule is COCCCNc1cnnc(Nc2cccc(NC(C)=O)c2)n1. The van der Waals surface area contributed by atoms with Gasteiger partial charge in [0.05, 0.1) is 6.20 Å². The van der Waals surface area contributed by atoms with Gasteiger partial charge in [-0.1, -0.05) is 6.07 Å². The minimum Gasteiger partial charge on any atom is -0.385 e. The molecular formula is C15H20N6O2. The molecule has 0 spiro atoms. The summed E-state index contributed by atoms with van der Waals surface area (Å²) in [6, 6.07) is 7.28. The fourth-order valence-corrected chi connectivity index (χ4v) is 1.88. The molecule has 0 aliphatic carbocycles. The number of rotatable bonds is 8. The minimum atomic E-state index is -0.123. The Morgan fingerprint density at radius 2 is 2.13 bits per heavy atom. The molecule has 8 heteroatoms. The van der Waals surface area contributed by atoms with Gasteiger partial charge in [-0.15, -0.1) is 5.10 Å². The number of ether oxygens (including phenoxy) is 1. The van der Waals surface area contributed by atoms with Crippen molar-refractivity contribution in [3.63, 3.8) is 0 Å². The fraction of sp³-hybridized carbons (Fsp3) is 0.333. The van der Waals surface area contributed by atoms with Gasteiger partial charge in [0.1, 0.15) is 0 Å². The lowest BCUT2D eigenvalue weighted by molar-refractivity contribution is -0.114. The predicted molar refractivity (Wildman–Crippen MR) is 88.8 cm³/mol. The Bertz CT molecular complexity index is 649. The third-order valence-corrected chi connectivity index (χ3v) is 2.83. The minimum absolute atomic E-state index is 0.123. The molecular weight excluding hydrogens is 296 g/mol. The van der Waals surface area contributed by atoms with Crippen molar-refractivity contribution in [2.24, 2.45) is 0 Å². The summed E-state index contributed by atoms with van der Waals surface area (Å²) in [4.78, 5) is 15.4. The van der Waals surface area contributed by atoms with Crippen molar-refractivity contribution in [2.45, 2.75) is 13.3 Å². The van der Waals surface area contributed by atoms with Gasteiger partial charge in [0.15, 0.2) is 5.82 Å². The molecule has 2 rings (SSSR count). The number of nitrogens with zero attached hydrogens (tertiary/aromatic N) is 3. The van der Waals surface area contributed by atoms with Crippen LogP contribution in [0.25, 0.3) is 0 Å². The van der Waals surface area contributed by atoms with E-state index in [0.29, 0.717) is 24.1 Å². The summed E-state index contributed by atoms with van der Waals surface area (Å²) in [5.74, 6) is 0.889. The summed E-state index contributed by atoms with van der Waals surface area (Å²) in [7, 11) is 1.67. The zero-order valence-electron chi connectivity index (χ0n) is 13.2. The second-order valence-electron chi connectivity index (χ2n) is 4.83. The number of carbonyl (C=O) groups is 1. The lowest BCUT2D eigenvalue weighted by Gasteiger charge is -2.09. The van der Waals surface area contributed by atoms with Gasteiger partial charge in [-0.2, -0.15) is 10.1 Å². The number of hydrogen-bond donors (Lipinski definition) is 3. The Balaban J connectivity index is 1.98. The highest BCUT2D eigenvalue weighted by molar-refractivity contribution is 5.89. The molecule has 8 nitrogen and oxygen atoms in total. The zero-order valence-corrected chi connectivity index (χ0v) is 13.2. The molecule has 2 aromatic rings. The van der Waals surface area contributed by atoms with Gasteiger partial charge in [-0.25, -0.2) is 0 Å². The van der Waals surface area contributed by atoms with Crippen LogP contribution < -0.4 is 16.0 Å². The van der Waals surface area contributed by atoms with Gasteiger partial charge >= 0.3 is 0 Å². The number of anilines is 4. The molecule has 0 aliphatic heterocycles. The molecule has 23 heavy (non-hydrogen) atoms. The summed E-state index contributed by atoms with van der Waals surface area (Å²) in [6.07, 6.45) is 2.44. The van der Waals surface area contributed by atoms with Gasteiger partial charge < -0.3 is 20.7 Å². The van der Waals surface area contributed by atoms with E-state index in [9.17, 15) is 4.79 Å². The molecule has 0 unspecified atom stereocenters. The number of amides is 1. The van der Waals surface area contributed by atoms with E-state index in [1.807, 2.05) is 12.1 Å². The molecule has 0 aliphatic rings. The molecule has 0 radical (unpaired) electrons. The van der Waals surface area contributed by atoms with Crippen LogP contribution in [0.3, 0.4) is 0 Å². The molecule has 1 aromatic heterocycles. The Hall–Kier alpha value is -2.74. The maximum Gasteiger partial charge on any atom is 0.249 e. The number of hydrogen-bond acceptors (Lipinski definition) is 7. The van der Waals surface area contributed by atoms with Crippen molar-refractivity contribution in [2.75, 3.05) is 36.2 Å². The van der Waals surface area contributed by atoms with Gasteiger partial charge in [-0.3, -0.25) is 4.79 Å². The first-order valence-electron chi connectivity index (χ1n) is 7.24. The Kier molecular flexibility index (Phi) is 6.25. The molecule has 1 aromatic carbocycles. The molecule has 122 valence electrons. The van der Waals surface area contributed by atoms with Crippen LogP contribution >= 0.6 is 0 Å². The van der Waals surface area contributed by atoms with Crippen LogP contribution in [0.4, 0.5) is 23.1 Å². The van der Waals surface area contributed by atoms with E-state index < -0.39 is 0 Å². The first-order valence-corrected chi connectivity index (χ1v) is 7.24. The van der Waals surface area contributed by atoms with Gasteiger partial charge in [0.25, 0.3) is 0 Å². The highest BCUT2D eigenvalue weighted by Gasteiger charge is 2.03. The highest BCUT2D eigenvalue weighted by atomic mass is 16.5. The van der Waals surface area contributed by atoms with Crippen molar-refractivity contribution >= 4 is 29.0 Å². The van der Waals surface area contributed by atoms with Gasteiger partial charge in [-0.05, 0) is 24.6 Å². The summed E-state index contributed by atoms with van der Waals surface area (Å²) in [6.45, 7) is 2.89. The van der Waals surface area contributed by atoms with Crippen molar-refractivity contribution < 1.29 is 9.53 Å². The smallest absolute Gasteiger partial charge is 0.249 e. The lowest BCUT2D eigenvalue weighted by Crippen LogP contribution is -2.09. The molecule has 3 N–H and O–H groups in total. The standard InChI is InChI=1S/C15H20N6O2/c1-11(22)18-12-5-3-6-13(9-12)19-15-20-14(10-17-21-15)16-7-4-8-23-2/h3,5-6,9-10H,4,7-8H2,1-2H3,(H,18,22)(H2,16,19,20,21). The Morgan fingerprint density at radius 3 is 2.91 bits per heavy atom. The fourth-order valence-electron chi connectivity index (χ4n) is 1.88. The summed E-state index contributed by atoms with van der Waals surface area (Å²) in [5, 5.41) is 16.8. The molecule has 0 atom stereocenters. The van der Waals surface area contributed by atoms with E-state index >= 15 is 0 Å². The maximum absolute atomic E-state index is 11.1. The summed E-state index contributed by atoms with van der Waals surface area (Å²) >= 11 is 0. The number of carbonyl (C=O) groups excluding carboxylic acids is 1. The summed E-state index contributed by atoms with van der Waals surface area (Å²) < 4.78 is 4.99. The third kappa shape index (κ3) is 5.87. The van der Waals surface area contributed by atoms with Crippen LogP contribution in [0.2, 0.25) is 0 Å². The third-order valence-electron chi connectivity index (χ3n) is 2.83. The number of benzene rings is 1. The Morgan fingerprint density at radius 1 is 1.30 bits per heavy atom. The van der Waals surface area contributed by atoms with Crippen molar-refractivity contribution in [3.8, 4) is 0 Å². The second-order valence-corrected chi connectivity index (χ2v) is 4.83. The maximum atomic E-state index is 11.1. The largest absolute Gasteiger partial charge is 0.385 e. The average molecular weight is 316 g/mol. The van der Waals surface area contributed by atoms with Gasteiger partial charge in [0.2, 0.25) is 11.9 Å². The number of methoxy groups -OCH3 is 1. The predicted octanol–water partition coefficient (Wildman–Crippen LogP) is 2.02. The van der Waals surface area contributed by atoms with E-state index in [0.717, 1.165) is 18.7 Å². The van der Waals surface area contributed by atoms with Crippen molar-refractivity contribution in [3.05, 3.63) is 30.5 Å². The van der Waals surface area contributed by atoms with Gasteiger partial charge in [0, 0.05) is 38.6 Å². The summed E-state index contributed by atoms with van der Waals surface area (Å²) in [5.41, 5.74) is 1.46. The first-order chi connectivity index (χ1) is 11.2. The molecule has 0 saturated carbocycles.